The smallest absolute Gasteiger partial charge is 0.378 e. The van der Waals surface area contributed by atoms with Crippen molar-refractivity contribution >= 4 is 31.6 Å². The van der Waals surface area contributed by atoms with E-state index < -0.39 is 48.9 Å². The Morgan fingerprint density at radius 2 is 1.64 bits per heavy atom. The molecule has 0 aromatic heterocycles. The molecule has 4 rings (SSSR count). The molecule has 1 aromatic rings. The van der Waals surface area contributed by atoms with E-state index in [9.17, 15) is 19.2 Å². The van der Waals surface area contributed by atoms with Crippen LogP contribution in [-0.2, 0) is 23.5 Å². The van der Waals surface area contributed by atoms with Gasteiger partial charge >= 0.3 is 5.97 Å². The van der Waals surface area contributed by atoms with Gasteiger partial charge in [0.25, 0.3) is 5.78 Å². The number of fused-ring (bicyclic) bond motifs is 1. The zero-order valence-electron chi connectivity index (χ0n) is 14.0. The largest absolute Gasteiger partial charge is 0.438 e. The average Bonchev–Trinajstić information content (AvgIpc) is 2.99. The van der Waals surface area contributed by atoms with Crippen molar-refractivity contribution in [3.05, 3.63) is 35.4 Å². The highest BCUT2D eigenvalue weighted by atomic mass is 28.4. The minimum absolute atomic E-state index is 0.111. The van der Waals surface area contributed by atoms with Crippen LogP contribution in [0.15, 0.2) is 24.3 Å². The summed E-state index contributed by atoms with van der Waals surface area (Å²) in [6, 6.07) is 6.26. The lowest BCUT2D eigenvalue weighted by Gasteiger charge is -2.45. The van der Waals surface area contributed by atoms with Gasteiger partial charge in [-0.2, -0.15) is 0 Å². The van der Waals surface area contributed by atoms with Crippen molar-refractivity contribution in [1.29, 1.82) is 0 Å². The van der Waals surface area contributed by atoms with Crippen LogP contribution in [0.5, 0.6) is 0 Å². The molecule has 3 aliphatic rings. The highest BCUT2D eigenvalue weighted by Crippen LogP contribution is 2.52. The Balaban J connectivity index is 2.03. The van der Waals surface area contributed by atoms with E-state index in [2.05, 4.69) is 0 Å². The van der Waals surface area contributed by atoms with Gasteiger partial charge in [0, 0.05) is 11.1 Å². The second kappa shape index (κ2) is 4.72. The highest BCUT2D eigenvalue weighted by molar-refractivity contribution is 6.70. The molecule has 2 aliphatic heterocycles. The maximum absolute atomic E-state index is 13.4. The minimum atomic E-state index is -2.40. The van der Waals surface area contributed by atoms with Gasteiger partial charge in [-0.3, -0.25) is 14.4 Å². The van der Waals surface area contributed by atoms with Crippen molar-refractivity contribution < 1.29 is 33.1 Å². The van der Waals surface area contributed by atoms with Crippen molar-refractivity contribution in [3.63, 3.8) is 0 Å². The number of ketones is 3. The minimum Gasteiger partial charge on any atom is -0.438 e. The fourth-order valence-corrected chi connectivity index (χ4v) is 5.24. The molecule has 3 atom stereocenters. The number of esters is 1. The van der Waals surface area contributed by atoms with Crippen LogP contribution in [0.3, 0.4) is 0 Å². The molecule has 0 bridgehead atoms. The first-order chi connectivity index (χ1) is 11.6. The van der Waals surface area contributed by atoms with E-state index in [1.807, 2.05) is 19.6 Å². The Labute approximate surface area is 144 Å². The van der Waals surface area contributed by atoms with Crippen molar-refractivity contribution in [1.82, 2.24) is 0 Å². The van der Waals surface area contributed by atoms with Crippen LogP contribution < -0.4 is 0 Å². The number of benzene rings is 1. The van der Waals surface area contributed by atoms with Gasteiger partial charge < -0.3 is 13.9 Å². The van der Waals surface area contributed by atoms with Crippen LogP contribution in [0.2, 0.25) is 19.6 Å². The molecule has 2 fully saturated rings. The summed E-state index contributed by atoms with van der Waals surface area (Å²) in [5.41, 5.74) is -3.60. The van der Waals surface area contributed by atoms with Crippen LogP contribution in [0, 0.1) is 0 Å². The van der Waals surface area contributed by atoms with E-state index in [-0.39, 0.29) is 17.7 Å². The third kappa shape index (κ3) is 1.81. The normalized spacial score (nSPS) is 33.8. The maximum atomic E-state index is 13.4. The number of ether oxygens (including phenoxy) is 2. The number of Topliss-reactive ketones (excluding diaryl/α,β-unsaturated/α-hetero) is 3. The van der Waals surface area contributed by atoms with E-state index >= 15 is 0 Å². The van der Waals surface area contributed by atoms with Crippen molar-refractivity contribution in [2.75, 3.05) is 6.61 Å². The maximum Gasteiger partial charge on any atom is 0.378 e. The van der Waals surface area contributed by atoms with E-state index in [0.29, 0.717) is 0 Å². The molecule has 0 radical (unpaired) electrons. The van der Waals surface area contributed by atoms with Gasteiger partial charge in [0.05, 0.1) is 6.61 Å². The van der Waals surface area contributed by atoms with Gasteiger partial charge in [0.15, 0.2) is 20.0 Å². The lowest BCUT2D eigenvalue weighted by atomic mass is 9.67. The number of carbonyl (C=O) groups is 4. The Hall–Kier alpha value is -2.16. The number of carbonyl (C=O) groups excluding carboxylic acids is 4. The fourth-order valence-electron chi connectivity index (χ4n) is 3.89. The number of hydrogen-bond acceptors (Lipinski definition) is 7. The topological polar surface area (TPSA) is 96.0 Å². The average molecular weight is 360 g/mol. The number of rotatable bonds is 2. The standard InChI is InChI=1S/C17H16O7Si/c1-25(2,3)24-16-8-22-14-11(18)15(21)23-17(14,16)13(20)10-7-5-4-6-9(10)12(16)19/h4-7,14H,8H2,1-3H3/t14-,16+,17+/m0/s1. The Morgan fingerprint density at radius 3 is 2.24 bits per heavy atom. The summed E-state index contributed by atoms with van der Waals surface area (Å²) in [6.07, 6.45) is -1.46. The predicted molar refractivity (Wildman–Crippen MR) is 85.8 cm³/mol. The summed E-state index contributed by atoms with van der Waals surface area (Å²) < 4.78 is 16.9. The molecule has 0 saturated carbocycles. The molecule has 0 unspecified atom stereocenters. The van der Waals surface area contributed by atoms with Gasteiger partial charge in [-0.1, -0.05) is 24.3 Å². The first-order valence-electron chi connectivity index (χ1n) is 7.92. The first kappa shape index (κ1) is 16.3. The van der Waals surface area contributed by atoms with E-state index in [0.717, 1.165) is 0 Å². The molecule has 2 heterocycles. The van der Waals surface area contributed by atoms with Crippen LogP contribution in [0.1, 0.15) is 20.7 Å². The van der Waals surface area contributed by atoms with E-state index in [4.69, 9.17) is 13.9 Å². The van der Waals surface area contributed by atoms with Gasteiger partial charge in [-0.15, -0.1) is 0 Å². The van der Waals surface area contributed by atoms with Crippen LogP contribution in [0.25, 0.3) is 0 Å². The summed E-state index contributed by atoms with van der Waals surface area (Å²) in [4.78, 5) is 50.8. The van der Waals surface area contributed by atoms with Gasteiger partial charge in [-0.05, 0) is 19.6 Å². The Morgan fingerprint density at radius 1 is 1.04 bits per heavy atom. The van der Waals surface area contributed by atoms with Crippen molar-refractivity contribution in [3.8, 4) is 0 Å². The Bertz CT molecular complexity index is 855. The molecule has 0 amide bonds. The molecule has 7 nitrogen and oxygen atoms in total. The molecule has 2 saturated heterocycles. The molecule has 130 valence electrons. The monoisotopic (exact) mass is 360 g/mol. The molecule has 25 heavy (non-hydrogen) atoms. The highest BCUT2D eigenvalue weighted by Gasteiger charge is 2.81. The third-order valence-electron chi connectivity index (χ3n) is 4.72. The fraction of sp³-hybridized carbons (Fsp3) is 0.412. The third-order valence-corrected chi connectivity index (χ3v) is 5.68. The summed E-state index contributed by atoms with van der Waals surface area (Å²) in [6.45, 7) is 5.23. The molecule has 1 spiro atoms. The summed E-state index contributed by atoms with van der Waals surface area (Å²) >= 11 is 0. The zero-order chi connectivity index (χ0) is 18.2. The first-order valence-corrected chi connectivity index (χ1v) is 11.3. The summed E-state index contributed by atoms with van der Waals surface area (Å²) in [7, 11) is -2.40. The summed E-state index contributed by atoms with van der Waals surface area (Å²) in [5, 5.41) is 0. The lowest BCUT2D eigenvalue weighted by Crippen LogP contribution is -2.71. The quantitative estimate of drug-likeness (QED) is 0.439. The zero-order valence-corrected chi connectivity index (χ0v) is 15.0. The lowest BCUT2D eigenvalue weighted by molar-refractivity contribution is -0.158. The van der Waals surface area contributed by atoms with E-state index in [1.165, 1.54) is 12.1 Å². The molecular weight excluding hydrogens is 344 g/mol. The van der Waals surface area contributed by atoms with E-state index in [1.54, 1.807) is 12.1 Å². The van der Waals surface area contributed by atoms with Crippen molar-refractivity contribution in [2.24, 2.45) is 0 Å². The van der Waals surface area contributed by atoms with Crippen LogP contribution in [0.4, 0.5) is 0 Å². The molecular formula is C17H16O7Si. The summed E-state index contributed by atoms with van der Waals surface area (Å²) in [5.74, 6) is -3.24. The van der Waals surface area contributed by atoms with Gasteiger partial charge in [0.2, 0.25) is 17.2 Å². The second-order valence-corrected chi connectivity index (χ2v) is 11.9. The SMILES string of the molecule is C[Si](C)(C)O[C@@]12CO[C@H]3C(=O)C(=O)O[C@]31C(=O)c1ccccc1C2=O. The molecule has 1 aliphatic carbocycles. The van der Waals surface area contributed by atoms with Crippen molar-refractivity contribution in [2.45, 2.75) is 36.9 Å². The molecule has 8 heteroatoms. The van der Waals surface area contributed by atoms with Crippen LogP contribution in [-0.4, -0.2) is 55.5 Å². The van der Waals surface area contributed by atoms with Gasteiger partial charge in [-0.25, -0.2) is 4.79 Å². The second-order valence-electron chi connectivity index (χ2n) is 7.43. The van der Waals surface area contributed by atoms with Crippen LogP contribution >= 0.6 is 0 Å². The Kier molecular flexibility index (Phi) is 3.08. The van der Waals surface area contributed by atoms with Gasteiger partial charge in [0.1, 0.15) is 0 Å². The molecule has 1 aromatic carbocycles. The predicted octanol–water partition coefficient (Wildman–Crippen LogP) is 0.919. The number of hydrogen-bond donors (Lipinski definition) is 0. The molecule has 0 N–H and O–H groups in total.